The smallest absolute Gasteiger partial charge is 0.338 e. The summed E-state index contributed by atoms with van der Waals surface area (Å²) >= 11 is 0. The molecule has 0 atom stereocenters. The Hall–Kier alpha value is -2.57. The van der Waals surface area contributed by atoms with Crippen LogP contribution in [0.3, 0.4) is 0 Å². The summed E-state index contributed by atoms with van der Waals surface area (Å²) in [5.74, 6) is -1.17. The Morgan fingerprint density at radius 2 is 2.17 bits per heavy atom. The Balaban J connectivity index is 2.98. The number of methoxy groups -OCH3 is 1. The van der Waals surface area contributed by atoms with Gasteiger partial charge in [0, 0.05) is 13.2 Å². The van der Waals surface area contributed by atoms with Gasteiger partial charge in [0.2, 0.25) is 0 Å². The van der Waals surface area contributed by atoms with E-state index in [1.807, 2.05) is 0 Å². The van der Waals surface area contributed by atoms with Crippen LogP contribution in [0.15, 0.2) is 18.3 Å². The van der Waals surface area contributed by atoms with Crippen LogP contribution in [-0.4, -0.2) is 27.7 Å². The molecule has 0 aliphatic rings. The zero-order chi connectivity index (χ0) is 13.4. The van der Waals surface area contributed by atoms with E-state index in [-0.39, 0.29) is 22.4 Å². The van der Waals surface area contributed by atoms with Crippen molar-refractivity contribution in [3.05, 3.63) is 34.0 Å². The molecule has 1 heterocycles. The van der Waals surface area contributed by atoms with Crippen LogP contribution >= 0.6 is 0 Å². The van der Waals surface area contributed by atoms with Crippen LogP contribution in [0, 0.1) is 10.1 Å². The molecule has 1 aromatic carbocycles. The quantitative estimate of drug-likeness (QED) is 0.661. The van der Waals surface area contributed by atoms with Crippen molar-refractivity contribution in [3.8, 4) is 5.75 Å². The Labute approximate surface area is 101 Å². The lowest BCUT2D eigenvalue weighted by Crippen LogP contribution is -1.99. The first kappa shape index (κ1) is 11.9. The number of carbonyl (C=O) groups is 1. The van der Waals surface area contributed by atoms with Gasteiger partial charge in [-0.15, -0.1) is 0 Å². The zero-order valence-electron chi connectivity index (χ0n) is 9.71. The summed E-state index contributed by atoms with van der Waals surface area (Å²) in [7, 11) is 2.93. The summed E-state index contributed by atoms with van der Waals surface area (Å²) in [6, 6.07) is 3.04. The molecule has 0 fully saturated rings. The van der Waals surface area contributed by atoms with E-state index in [0.717, 1.165) is 0 Å². The summed E-state index contributed by atoms with van der Waals surface area (Å²) in [6.45, 7) is 0. The number of aromatic carboxylic acids is 1. The third kappa shape index (κ3) is 1.56. The molecule has 7 heteroatoms. The number of nitro benzene ring substituents is 1. The molecule has 0 saturated heterocycles. The SMILES string of the molecule is COc1ccc2c(c(C(=O)O)cn2C)c1[N+](=O)[O-]. The topological polar surface area (TPSA) is 94.6 Å². The average molecular weight is 250 g/mol. The van der Waals surface area contributed by atoms with Gasteiger partial charge < -0.3 is 14.4 Å². The molecule has 2 rings (SSSR count). The predicted octanol–water partition coefficient (Wildman–Crippen LogP) is 1.79. The number of fused-ring (bicyclic) bond motifs is 1. The van der Waals surface area contributed by atoms with Gasteiger partial charge in [0.25, 0.3) is 0 Å². The van der Waals surface area contributed by atoms with Gasteiger partial charge in [0.05, 0.1) is 28.5 Å². The van der Waals surface area contributed by atoms with E-state index in [4.69, 9.17) is 9.84 Å². The minimum Gasteiger partial charge on any atom is -0.490 e. The average Bonchev–Trinajstić information content (AvgIpc) is 2.65. The first-order valence-corrected chi connectivity index (χ1v) is 5.01. The molecule has 0 aliphatic carbocycles. The summed E-state index contributed by atoms with van der Waals surface area (Å²) in [5.41, 5.74) is 0.0333. The number of rotatable bonds is 3. The summed E-state index contributed by atoms with van der Waals surface area (Å²) in [6.07, 6.45) is 1.35. The zero-order valence-corrected chi connectivity index (χ0v) is 9.71. The molecule has 0 bridgehead atoms. The molecule has 1 aromatic heterocycles. The Bertz CT molecular complexity index is 659. The van der Waals surface area contributed by atoms with Crippen molar-refractivity contribution in [3.63, 3.8) is 0 Å². The molecule has 94 valence electrons. The lowest BCUT2D eigenvalue weighted by Gasteiger charge is -2.03. The van der Waals surface area contributed by atoms with Crippen LogP contribution in [0.25, 0.3) is 10.9 Å². The number of benzene rings is 1. The van der Waals surface area contributed by atoms with Crippen molar-refractivity contribution in [2.75, 3.05) is 7.11 Å². The van der Waals surface area contributed by atoms with E-state index in [2.05, 4.69) is 0 Å². The van der Waals surface area contributed by atoms with Gasteiger partial charge in [-0.25, -0.2) is 4.79 Å². The highest BCUT2D eigenvalue weighted by atomic mass is 16.6. The standard InChI is InChI=1S/C11H10N2O5/c1-12-5-6(11(14)15)9-7(12)3-4-8(18-2)10(9)13(16)17/h3-5H,1-2H3,(H,14,15). The normalized spacial score (nSPS) is 10.6. The fourth-order valence-corrected chi connectivity index (χ4v) is 1.96. The minimum absolute atomic E-state index is 0.0428. The van der Waals surface area contributed by atoms with Crippen LogP contribution in [0.4, 0.5) is 5.69 Å². The van der Waals surface area contributed by atoms with Crippen molar-refractivity contribution in [1.29, 1.82) is 0 Å². The number of hydrogen-bond acceptors (Lipinski definition) is 4. The van der Waals surface area contributed by atoms with E-state index in [0.29, 0.717) is 5.52 Å². The minimum atomic E-state index is -1.21. The Morgan fingerprint density at radius 1 is 1.50 bits per heavy atom. The van der Waals surface area contributed by atoms with Gasteiger partial charge in [0.1, 0.15) is 0 Å². The molecule has 0 amide bonds. The number of aryl methyl sites for hydroxylation is 1. The maximum absolute atomic E-state index is 11.1. The Morgan fingerprint density at radius 3 is 2.67 bits per heavy atom. The number of aromatic nitrogens is 1. The van der Waals surface area contributed by atoms with Crippen molar-refractivity contribution < 1.29 is 19.6 Å². The first-order valence-electron chi connectivity index (χ1n) is 5.01. The molecule has 1 N–H and O–H groups in total. The van der Waals surface area contributed by atoms with Crippen molar-refractivity contribution in [2.24, 2.45) is 7.05 Å². The fourth-order valence-electron chi connectivity index (χ4n) is 1.96. The van der Waals surface area contributed by atoms with Gasteiger partial charge in [0.15, 0.2) is 5.75 Å². The summed E-state index contributed by atoms with van der Waals surface area (Å²) in [4.78, 5) is 21.6. The molecule has 0 radical (unpaired) electrons. The van der Waals surface area contributed by atoms with E-state index < -0.39 is 10.9 Å². The van der Waals surface area contributed by atoms with Gasteiger partial charge >= 0.3 is 11.7 Å². The third-order valence-electron chi connectivity index (χ3n) is 2.72. The molecule has 7 nitrogen and oxygen atoms in total. The molecule has 0 unspecified atom stereocenters. The maximum Gasteiger partial charge on any atom is 0.338 e. The molecule has 0 aliphatic heterocycles. The second kappa shape index (κ2) is 4.02. The number of nitrogens with zero attached hydrogens (tertiary/aromatic N) is 2. The van der Waals surface area contributed by atoms with Crippen molar-refractivity contribution >= 4 is 22.6 Å². The van der Waals surface area contributed by atoms with Gasteiger partial charge in [-0.05, 0) is 12.1 Å². The summed E-state index contributed by atoms with van der Waals surface area (Å²) in [5, 5.41) is 20.3. The van der Waals surface area contributed by atoms with Crippen LogP contribution < -0.4 is 4.74 Å². The fraction of sp³-hybridized carbons (Fsp3) is 0.182. The van der Waals surface area contributed by atoms with E-state index >= 15 is 0 Å². The Kier molecular flexibility index (Phi) is 2.66. The van der Waals surface area contributed by atoms with E-state index in [1.54, 1.807) is 13.1 Å². The van der Waals surface area contributed by atoms with Gasteiger partial charge in [-0.1, -0.05) is 0 Å². The number of carboxylic acid groups (broad SMARTS) is 1. The maximum atomic E-state index is 11.1. The molecule has 2 aromatic rings. The second-order valence-electron chi connectivity index (χ2n) is 3.73. The van der Waals surface area contributed by atoms with Gasteiger partial charge in [-0.3, -0.25) is 10.1 Å². The second-order valence-corrected chi connectivity index (χ2v) is 3.73. The number of carboxylic acids is 1. The van der Waals surface area contributed by atoms with Crippen LogP contribution in [0.1, 0.15) is 10.4 Å². The van der Waals surface area contributed by atoms with Crippen LogP contribution in [-0.2, 0) is 7.05 Å². The number of nitro groups is 1. The lowest BCUT2D eigenvalue weighted by atomic mass is 10.1. The van der Waals surface area contributed by atoms with Crippen molar-refractivity contribution in [2.45, 2.75) is 0 Å². The number of ether oxygens (including phenoxy) is 1. The summed E-state index contributed by atoms with van der Waals surface area (Å²) < 4.78 is 6.45. The van der Waals surface area contributed by atoms with E-state index in [1.165, 1.54) is 23.9 Å². The third-order valence-corrected chi connectivity index (χ3v) is 2.72. The molecule has 18 heavy (non-hydrogen) atoms. The highest BCUT2D eigenvalue weighted by molar-refractivity contribution is 6.08. The van der Waals surface area contributed by atoms with Gasteiger partial charge in [-0.2, -0.15) is 0 Å². The number of hydrogen-bond donors (Lipinski definition) is 1. The highest BCUT2D eigenvalue weighted by Crippen LogP contribution is 2.37. The molecular weight excluding hydrogens is 240 g/mol. The van der Waals surface area contributed by atoms with Crippen LogP contribution in [0.2, 0.25) is 0 Å². The lowest BCUT2D eigenvalue weighted by molar-refractivity contribution is -0.384. The van der Waals surface area contributed by atoms with Crippen LogP contribution in [0.5, 0.6) is 5.75 Å². The predicted molar refractivity (Wildman–Crippen MR) is 63.1 cm³/mol. The molecule has 0 saturated carbocycles. The molecule has 0 spiro atoms. The molecular formula is C11H10N2O5. The van der Waals surface area contributed by atoms with E-state index in [9.17, 15) is 14.9 Å². The highest BCUT2D eigenvalue weighted by Gasteiger charge is 2.26. The first-order chi connectivity index (χ1) is 8.47. The van der Waals surface area contributed by atoms with Crippen molar-refractivity contribution in [1.82, 2.24) is 4.57 Å². The largest absolute Gasteiger partial charge is 0.490 e. The monoisotopic (exact) mass is 250 g/mol.